The van der Waals surface area contributed by atoms with Gasteiger partial charge in [0.1, 0.15) is 0 Å². The van der Waals surface area contributed by atoms with Crippen LogP contribution in [0.25, 0.3) is 0 Å². The molecule has 1 atom stereocenters. The Bertz CT molecular complexity index is 302. The first-order valence-electron chi connectivity index (χ1n) is 5.22. The van der Waals surface area contributed by atoms with Crippen molar-refractivity contribution in [3.8, 4) is 0 Å². The minimum absolute atomic E-state index is 0.0188. The van der Waals surface area contributed by atoms with Crippen LogP contribution in [-0.2, 0) is 9.22 Å². The molecule has 15 heavy (non-hydrogen) atoms. The third-order valence-electron chi connectivity index (χ3n) is 3.24. The van der Waals surface area contributed by atoms with E-state index in [4.69, 9.17) is 4.43 Å². The highest BCUT2D eigenvalue weighted by molar-refractivity contribution is 14.1. The standard InChI is InChI=1S/C11H19IO2Si/c1-11(2,3)15(4,5)14-8-6-9(12)10(13)7-8/h6,8H,7H2,1-5H3. The molecule has 0 saturated carbocycles. The third kappa shape index (κ3) is 3.14. The smallest absolute Gasteiger partial charge is 0.192 e. The van der Waals surface area contributed by atoms with Crippen LogP contribution >= 0.6 is 22.6 Å². The van der Waals surface area contributed by atoms with E-state index >= 15 is 0 Å². The Morgan fingerprint density at radius 3 is 2.33 bits per heavy atom. The van der Waals surface area contributed by atoms with Crippen LogP contribution in [0.4, 0.5) is 0 Å². The zero-order chi connectivity index (χ0) is 11.9. The average molecular weight is 338 g/mol. The quantitative estimate of drug-likeness (QED) is 0.567. The first-order valence-corrected chi connectivity index (χ1v) is 9.20. The average Bonchev–Trinajstić information content (AvgIpc) is 2.27. The molecule has 0 fully saturated rings. The van der Waals surface area contributed by atoms with Gasteiger partial charge < -0.3 is 4.43 Å². The molecule has 1 aliphatic rings. The topological polar surface area (TPSA) is 26.3 Å². The Labute approximate surface area is 107 Å². The van der Waals surface area contributed by atoms with Gasteiger partial charge in [-0.2, -0.15) is 0 Å². The van der Waals surface area contributed by atoms with Gasteiger partial charge in [-0.1, -0.05) is 20.8 Å². The lowest BCUT2D eigenvalue weighted by Gasteiger charge is -2.37. The lowest BCUT2D eigenvalue weighted by atomic mass is 10.2. The summed E-state index contributed by atoms with van der Waals surface area (Å²) in [6.07, 6.45) is 2.51. The molecule has 0 radical (unpaired) electrons. The van der Waals surface area contributed by atoms with Gasteiger partial charge in [0.25, 0.3) is 0 Å². The molecule has 0 N–H and O–H groups in total. The second-order valence-electron chi connectivity index (χ2n) is 5.56. The van der Waals surface area contributed by atoms with E-state index in [9.17, 15) is 4.79 Å². The van der Waals surface area contributed by atoms with Crippen molar-refractivity contribution in [3.63, 3.8) is 0 Å². The number of ketones is 1. The van der Waals surface area contributed by atoms with Gasteiger partial charge in [0.15, 0.2) is 14.1 Å². The van der Waals surface area contributed by atoms with Crippen molar-refractivity contribution in [2.75, 3.05) is 0 Å². The highest BCUT2D eigenvalue weighted by Crippen LogP contribution is 2.39. The first-order chi connectivity index (χ1) is 6.63. The summed E-state index contributed by atoms with van der Waals surface area (Å²) in [6.45, 7) is 11.1. The maximum absolute atomic E-state index is 11.4. The summed E-state index contributed by atoms with van der Waals surface area (Å²) in [4.78, 5) is 11.4. The maximum Gasteiger partial charge on any atom is 0.192 e. The number of allylic oxidation sites excluding steroid dienone is 1. The molecule has 2 nitrogen and oxygen atoms in total. The van der Waals surface area contributed by atoms with Gasteiger partial charge in [-0.15, -0.1) is 0 Å². The molecule has 0 spiro atoms. The number of hydrogen-bond acceptors (Lipinski definition) is 2. The van der Waals surface area contributed by atoms with E-state index in [1.54, 1.807) is 0 Å². The minimum atomic E-state index is -1.73. The first kappa shape index (κ1) is 13.4. The summed E-state index contributed by atoms with van der Waals surface area (Å²) in [5, 5.41) is 0.206. The lowest BCUT2D eigenvalue weighted by Crippen LogP contribution is -2.43. The van der Waals surface area contributed by atoms with Gasteiger partial charge >= 0.3 is 0 Å². The van der Waals surface area contributed by atoms with Crippen molar-refractivity contribution in [2.45, 2.75) is 51.4 Å². The molecule has 1 unspecified atom stereocenters. The van der Waals surface area contributed by atoms with Crippen molar-refractivity contribution in [1.82, 2.24) is 0 Å². The van der Waals surface area contributed by atoms with Crippen molar-refractivity contribution >= 4 is 36.7 Å². The van der Waals surface area contributed by atoms with Crippen molar-refractivity contribution in [1.29, 1.82) is 0 Å². The molecule has 0 saturated heterocycles. The van der Waals surface area contributed by atoms with Crippen LogP contribution in [0.1, 0.15) is 27.2 Å². The van der Waals surface area contributed by atoms with Gasteiger partial charge in [-0.25, -0.2) is 0 Å². The molecular formula is C11H19IO2Si. The highest BCUT2D eigenvalue weighted by atomic mass is 127. The van der Waals surface area contributed by atoms with Crippen LogP contribution in [0.2, 0.25) is 18.1 Å². The zero-order valence-electron chi connectivity index (χ0n) is 10.1. The van der Waals surface area contributed by atoms with Crippen LogP contribution in [0.3, 0.4) is 0 Å². The van der Waals surface area contributed by atoms with Gasteiger partial charge in [0, 0.05) is 6.42 Å². The van der Waals surface area contributed by atoms with Crippen molar-refractivity contribution in [2.24, 2.45) is 0 Å². The predicted molar refractivity (Wildman–Crippen MR) is 73.8 cm³/mol. The summed E-state index contributed by atoms with van der Waals surface area (Å²) in [6, 6.07) is 0. The molecule has 0 amide bonds. The summed E-state index contributed by atoms with van der Waals surface area (Å²) in [5.74, 6) is 0.222. The molecule has 0 aromatic rings. The van der Waals surface area contributed by atoms with Crippen LogP contribution in [0, 0.1) is 0 Å². The van der Waals surface area contributed by atoms with Crippen LogP contribution in [0.15, 0.2) is 9.66 Å². The lowest BCUT2D eigenvalue weighted by molar-refractivity contribution is -0.115. The van der Waals surface area contributed by atoms with Crippen molar-refractivity contribution in [3.05, 3.63) is 9.66 Å². The van der Waals surface area contributed by atoms with E-state index in [1.807, 2.05) is 6.08 Å². The second-order valence-corrected chi connectivity index (χ2v) is 11.5. The Kier molecular flexibility index (Phi) is 3.83. The van der Waals surface area contributed by atoms with Crippen molar-refractivity contribution < 1.29 is 9.22 Å². The van der Waals surface area contributed by atoms with E-state index in [2.05, 4.69) is 56.5 Å². The van der Waals surface area contributed by atoms with Gasteiger partial charge in [-0.3, -0.25) is 4.79 Å². The Hall–Kier alpha value is 0.317. The normalized spacial score (nSPS) is 23.2. The van der Waals surface area contributed by atoms with E-state index in [-0.39, 0.29) is 16.9 Å². The predicted octanol–water partition coefficient (Wildman–Crippen LogP) is 3.67. The Morgan fingerprint density at radius 2 is 2.00 bits per heavy atom. The Morgan fingerprint density at radius 1 is 1.47 bits per heavy atom. The Balaban J connectivity index is 2.69. The summed E-state index contributed by atoms with van der Waals surface area (Å²) in [7, 11) is -1.73. The third-order valence-corrected chi connectivity index (χ3v) is 8.70. The highest BCUT2D eigenvalue weighted by Gasteiger charge is 2.40. The molecule has 1 aliphatic carbocycles. The molecule has 0 heterocycles. The molecule has 0 aromatic heterocycles. The van der Waals surface area contributed by atoms with Gasteiger partial charge in [0.05, 0.1) is 9.68 Å². The fourth-order valence-corrected chi connectivity index (χ4v) is 3.11. The monoisotopic (exact) mass is 338 g/mol. The van der Waals surface area contributed by atoms with E-state index in [0.717, 1.165) is 3.58 Å². The fourth-order valence-electron chi connectivity index (χ4n) is 1.23. The number of rotatable bonds is 2. The number of hydrogen-bond donors (Lipinski definition) is 0. The maximum atomic E-state index is 11.4. The SMILES string of the molecule is CC(C)(C)[Si](C)(C)OC1C=C(I)C(=O)C1. The van der Waals surface area contributed by atoms with Crippen LogP contribution in [-0.4, -0.2) is 20.2 Å². The van der Waals surface area contributed by atoms with E-state index < -0.39 is 8.32 Å². The van der Waals surface area contributed by atoms with Gasteiger partial charge in [-0.05, 0) is 46.8 Å². The summed E-state index contributed by atoms with van der Waals surface area (Å²) >= 11 is 2.09. The van der Waals surface area contributed by atoms with Gasteiger partial charge in [0.2, 0.25) is 0 Å². The largest absolute Gasteiger partial charge is 0.410 e. The molecule has 0 bridgehead atoms. The number of carbonyl (C=O) groups is 1. The van der Waals surface area contributed by atoms with E-state index in [0.29, 0.717) is 6.42 Å². The molecule has 86 valence electrons. The van der Waals surface area contributed by atoms with Crippen LogP contribution < -0.4 is 0 Å². The molecule has 0 aromatic carbocycles. The molecule has 0 aliphatic heterocycles. The van der Waals surface area contributed by atoms with Crippen LogP contribution in [0.5, 0.6) is 0 Å². The summed E-state index contributed by atoms with van der Waals surface area (Å²) < 4.78 is 6.97. The zero-order valence-corrected chi connectivity index (χ0v) is 13.2. The molecular weight excluding hydrogens is 319 g/mol. The minimum Gasteiger partial charge on any atom is -0.410 e. The number of Topliss-reactive ketones (excluding diaryl/α,β-unsaturated/α-hetero) is 1. The molecule has 1 rings (SSSR count). The number of carbonyl (C=O) groups excluding carboxylic acids is 1. The van der Waals surface area contributed by atoms with E-state index in [1.165, 1.54) is 0 Å². The molecule has 4 heteroatoms. The fraction of sp³-hybridized carbons (Fsp3) is 0.727. The summed E-state index contributed by atoms with van der Waals surface area (Å²) in [5.41, 5.74) is 0. The number of halogens is 1. The second kappa shape index (κ2) is 4.29.